The molecular formula is C11H16ClNO3S. The lowest BCUT2D eigenvalue weighted by molar-refractivity contribution is 0.0912. The van der Waals surface area contributed by atoms with Crippen LogP contribution in [0, 0.1) is 0 Å². The number of rotatable bonds is 5. The van der Waals surface area contributed by atoms with Crippen molar-refractivity contribution in [1.82, 2.24) is 0 Å². The average Bonchev–Trinajstić information content (AvgIpc) is 2.15. The van der Waals surface area contributed by atoms with E-state index in [-0.39, 0.29) is 28.4 Å². The zero-order valence-electron chi connectivity index (χ0n) is 9.81. The van der Waals surface area contributed by atoms with Crippen molar-refractivity contribution in [1.29, 1.82) is 0 Å². The standard InChI is InChI=1S/C11H16ClNO3S/c1-8(2)16-5-6-17(14,15)11-4-3-9(13)7-10(11)12/h3-4,7-8H,5-6,13H2,1-2H3. The lowest BCUT2D eigenvalue weighted by Crippen LogP contribution is -2.15. The zero-order chi connectivity index (χ0) is 13.1. The summed E-state index contributed by atoms with van der Waals surface area (Å²) in [6, 6.07) is 4.36. The monoisotopic (exact) mass is 277 g/mol. The van der Waals surface area contributed by atoms with E-state index in [9.17, 15) is 8.42 Å². The maximum absolute atomic E-state index is 11.9. The van der Waals surface area contributed by atoms with Crippen LogP contribution >= 0.6 is 11.6 Å². The lowest BCUT2D eigenvalue weighted by Gasteiger charge is -2.09. The highest BCUT2D eigenvalue weighted by Gasteiger charge is 2.18. The number of hydrogen-bond acceptors (Lipinski definition) is 4. The Bertz CT molecular complexity index is 485. The van der Waals surface area contributed by atoms with Gasteiger partial charge in [-0.05, 0) is 32.0 Å². The van der Waals surface area contributed by atoms with Crippen molar-refractivity contribution < 1.29 is 13.2 Å². The Morgan fingerprint density at radius 1 is 1.41 bits per heavy atom. The van der Waals surface area contributed by atoms with Gasteiger partial charge in [0.25, 0.3) is 0 Å². The molecule has 0 fully saturated rings. The van der Waals surface area contributed by atoms with Crippen LogP contribution in [0.2, 0.25) is 5.02 Å². The number of benzene rings is 1. The van der Waals surface area contributed by atoms with Crippen molar-refractivity contribution in [3.05, 3.63) is 23.2 Å². The van der Waals surface area contributed by atoms with E-state index in [0.717, 1.165) is 0 Å². The number of sulfone groups is 1. The SMILES string of the molecule is CC(C)OCCS(=O)(=O)c1ccc(N)cc1Cl. The molecule has 0 saturated carbocycles. The quantitative estimate of drug-likeness (QED) is 0.837. The number of ether oxygens (including phenoxy) is 1. The van der Waals surface area contributed by atoms with Gasteiger partial charge in [-0.1, -0.05) is 11.6 Å². The van der Waals surface area contributed by atoms with Crippen molar-refractivity contribution in [3.63, 3.8) is 0 Å². The number of anilines is 1. The Hall–Kier alpha value is -0.780. The van der Waals surface area contributed by atoms with E-state index in [1.807, 2.05) is 13.8 Å². The molecule has 0 spiro atoms. The van der Waals surface area contributed by atoms with Crippen LogP contribution in [0.3, 0.4) is 0 Å². The van der Waals surface area contributed by atoms with E-state index in [1.165, 1.54) is 18.2 Å². The first kappa shape index (κ1) is 14.3. The summed E-state index contributed by atoms with van der Waals surface area (Å²) in [6.07, 6.45) is 0.00656. The largest absolute Gasteiger partial charge is 0.399 e. The molecule has 1 rings (SSSR count). The summed E-state index contributed by atoms with van der Waals surface area (Å²) in [5.41, 5.74) is 5.94. The number of nitrogens with two attached hydrogens (primary N) is 1. The molecule has 0 aliphatic heterocycles. The molecule has 0 aliphatic carbocycles. The van der Waals surface area contributed by atoms with Gasteiger partial charge in [-0.2, -0.15) is 0 Å². The van der Waals surface area contributed by atoms with Gasteiger partial charge in [0.05, 0.1) is 28.4 Å². The molecule has 17 heavy (non-hydrogen) atoms. The second kappa shape index (κ2) is 5.71. The molecule has 0 aromatic heterocycles. The van der Waals surface area contributed by atoms with Crippen LogP contribution in [0.5, 0.6) is 0 Å². The van der Waals surface area contributed by atoms with Crippen molar-refractivity contribution in [2.45, 2.75) is 24.8 Å². The summed E-state index contributed by atoms with van der Waals surface area (Å²) in [7, 11) is -3.42. The maximum atomic E-state index is 11.9. The number of hydrogen-bond donors (Lipinski definition) is 1. The van der Waals surface area contributed by atoms with Gasteiger partial charge in [-0.3, -0.25) is 0 Å². The third kappa shape index (κ3) is 4.18. The smallest absolute Gasteiger partial charge is 0.182 e. The summed E-state index contributed by atoms with van der Waals surface area (Å²) in [5.74, 6) is -0.0885. The zero-order valence-corrected chi connectivity index (χ0v) is 11.4. The minimum atomic E-state index is -3.42. The Kier molecular flexibility index (Phi) is 4.80. The van der Waals surface area contributed by atoms with Crippen molar-refractivity contribution >= 4 is 27.1 Å². The van der Waals surface area contributed by atoms with Gasteiger partial charge in [0.2, 0.25) is 0 Å². The first-order valence-corrected chi connectivity index (χ1v) is 7.25. The molecule has 0 bridgehead atoms. The van der Waals surface area contributed by atoms with Gasteiger partial charge < -0.3 is 10.5 Å². The third-order valence-electron chi connectivity index (χ3n) is 2.09. The fraction of sp³-hybridized carbons (Fsp3) is 0.455. The first-order valence-electron chi connectivity index (χ1n) is 5.22. The van der Waals surface area contributed by atoms with Gasteiger partial charge in [-0.15, -0.1) is 0 Å². The van der Waals surface area contributed by atoms with Crippen molar-refractivity contribution in [2.24, 2.45) is 0 Å². The van der Waals surface area contributed by atoms with Crippen LogP contribution in [-0.4, -0.2) is 26.9 Å². The van der Waals surface area contributed by atoms with Crippen LogP contribution in [-0.2, 0) is 14.6 Å². The molecule has 96 valence electrons. The molecule has 0 unspecified atom stereocenters. The van der Waals surface area contributed by atoms with Gasteiger partial charge in [-0.25, -0.2) is 8.42 Å². The van der Waals surface area contributed by atoms with E-state index in [0.29, 0.717) is 5.69 Å². The summed E-state index contributed by atoms with van der Waals surface area (Å²) < 4.78 is 29.1. The predicted octanol–water partition coefficient (Wildman–Crippen LogP) is 2.12. The van der Waals surface area contributed by atoms with Gasteiger partial charge in [0.15, 0.2) is 9.84 Å². The number of halogens is 1. The first-order chi connectivity index (χ1) is 7.83. The fourth-order valence-corrected chi connectivity index (χ4v) is 2.98. The molecule has 1 aromatic rings. The second-order valence-electron chi connectivity index (χ2n) is 3.93. The van der Waals surface area contributed by atoms with Crippen molar-refractivity contribution in [3.8, 4) is 0 Å². The highest BCUT2D eigenvalue weighted by molar-refractivity contribution is 7.91. The van der Waals surface area contributed by atoms with Gasteiger partial charge in [0.1, 0.15) is 0 Å². The Balaban J connectivity index is 2.83. The topological polar surface area (TPSA) is 69.4 Å². The summed E-state index contributed by atoms with van der Waals surface area (Å²) >= 11 is 5.86. The van der Waals surface area contributed by atoms with Crippen molar-refractivity contribution in [2.75, 3.05) is 18.1 Å². The van der Waals surface area contributed by atoms with E-state index in [4.69, 9.17) is 22.1 Å². The molecule has 0 radical (unpaired) electrons. The highest BCUT2D eigenvalue weighted by atomic mass is 35.5. The summed E-state index contributed by atoms with van der Waals surface area (Å²) in [6.45, 7) is 3.85. The molecule has 1 aromatic carbocycles. The molecule has 0 atom stereocenters. The van der Waals surface area contributed by atoms with E-state index < -0.39 is 9.84 Å². The minimum Gasteiger partial charge on any atom is -0.399 e. The number of nitrogen functional groups attached to an aromatic ring is 1. The Morgan fingerprint density at radius 3 is 2.59 bits per heavy atom. The minimum absolute atomic E-state index is 0.00656. The van der Waals surface area contributed by atoms with E-state index in [2.05, 4.69) is 0 Å². The maximum Gasteiger partial charge on any atom is 0.182 e. The third-order valence-corrected chi connectivity index (χ3v) is 4.25. The van der Waals surface area contributed by atoms with E-state index >= 15 is 0 Å². The van der Waals surface area contributed by atoms with Crippen LogP contribution in [0.25, 0.3) is 0 Å². The predicted molar refractivity (Wildman–Crippen MR) is 69.0 cm³/mol. The van der Waals surface area contributed by atoms with Crippen LogP contribution < -0.4 is 5.73 Å². The highest BCUT2D eigenvalue weighted by Crippen LogP contribution is 2.24. The molecular weight excluding hydrogens is 262 g/mol. The summed E-state index contributed by atoms with van der Waals surface area (Å²) in [4.78, 5) is 0.0979. The van der Waals surface area contributed by atoms with E-state index in [1.54, 1.807) is 0 Å². The average molecular weight is 278 g/mol. The molecule has 2 N–H and O–H groups in total. The molecule has 6 heteroatoms. The molecule has 0 saturated heterocycles. The van der Waals surface area contributed by atoms with Crippen LogP contribution in [0.4, 0.5) is 5.69 Å². The lowest BCUT2D eigenvalue weighted by atomic mass is 10.3. The van der Waals surface area contributed by atoms with Gasteiger partial charge in [0, 0.05) is 5.69 Å². The van der Waals surface area contributed by atoms with Gasteiger partial charge >= 0.3 is 0 Å². The van der Waals surface area contributed by atoms with Crippen LogP contribution in [0.1, 0.15) is 13.8 Å². The Labute approximate surface area is 107 Å². The Morgan fingerprint density at radius 2 is 2.06 bits per heavy atom. The normalized spacial score (nSPS) is 12.0. The fourth-order valence-electron chi connectivity index (χ4n) is 1.27. The second-order valence-corrected chi connectivity index (χ2v) is 6.41. The molecule has 4 nitrogen and oxygen atoms in total. The van der Waals surface area contributed by atoms with Crippen LogP contribution in [0.15, 0.2) is 23.1 Å². The molecule has 0 amide bonds. The molecule has 0 heterocycles. The summed E-state index contributed by atoms with van der Waals surface area (Å²) in [5, 5.41) is 0.148. The molecule has 0 aliphatic rings.